The van der Waals surface area contributed by atoms with E-state index in [1.807, 2.05) is 24.6 Å². The van der Waals surface area contributed by atoms with Gasteiger partial charge in [0.15, 0.2) is 17.5 Å². The monoisotopic (exact) mass is 423 g/mol. The molecule has 0 saturated carbocycles. The first-order valence-electron chi connectivity index (χ1n) is 9.68. The summed E-state index contributed by atoms with van der Waals surface area (Å²) in [6.45, 7) is 4.91. The summed E-state index contributed by atoms with van der Waals surface area (Å²) in [6.07, 6.45) is 0. The van der Waals surface area contributed by atoms with Crippen molar-refractivity contribution in [2.75, 3.05) is 20.4 Å². The van der Waals surface area contributed by atoms with E-state index in [1.165, 1.54) is 6.07 Å². The number of alkyl halides is 2. The Kier molecular flexibility index (Phi) is 6.96. The van der Waals surface area contributed by atoms with Crippen molar-refractivity contribution in [1.29, 1.82) is 0 Å². The molecule has 0 saturated heterocycles. The van der Waals surface area contributed by atoms with Crippen LogP contribution in [0.25, 0.3) is 0 Å². The summed E-state index contributed by atoms with van der Waals surface area (Å²) >= 11 is 0. The molecule has 0 bridgehead atoms. The molecule has 164 valence electrons. The molecule has 0 amide bonds. The Labute approximate surface area is 174 Å². The van der Waals surface area contributed by atoms with Gasteiger partial charge in [0.2, 0.25) is 6.79 Å². The molecule has 1 aliphatic rings. The molecule has 8 nitrogen and oxygen atoms in total. The molecule has 0 fully saturated rings. The number of guanidine groups is 1. The van der Waals surface area contributed by atoms with Crippen molar-refractivity contribution in [3.05, 3.63) is 35.2 Å². The van der Waals surface area contributed by atoms with E-state index in [1.54, 1.807) is 13.1 Å². The number of halogens is 2. The average molecular weight is 423 g/mol. The van der Waals surface area contributed by atoms with Gasteiger partial charge in [-0.3, -0.25) is 9.67 Å². The predicted octanol–water partition coefficient (Wildman–Crippen LogP) is 2.83. The maximum Gasteiger partial charge on any atom is 0.387 e. The molecule has 2 N–H and O–H groups in total. The lowest BCUT2D eigenvalue weighted by atomic mass is 10.1. The van der Waals surface area contributed by atoms with Gasteiger partial charge in [0, 0.05) is 44.0 Å². The lowest BCUT2D eigenvalue weighted by Crippen LogP contribution is -2.39. The Morgan fingerprint density at radius 2 is 1.97 bits per heavy atom. The third-order valence-electron chi connectivity index (χ3n) is 4.65. The molecule has 0 aliphatic carbocycles. The normalized spacial score (nSPS) is 14.2. The third-order valence-corrected chi connectivity index (χ3v) is 4.65. The van der Waals surface area contributed by atoms with Crippen LogP contribution in [-0.4, -0.2) is 42.7 Å². The van der Waals surface area contributed by atoms with E-state index < -0.39 is 6.61 Å². The topological polar surface area (TPSA) is 81.9 Å². The minimum Gasteiger partial charge on any atom is -0.454 e. The van der Waals surface area contributed by atoms with Crippen molar-refractivity contribution in [2.45, 2.75) is 40.5 Å². The van der Waals surface area contributed by atoms with Gasteiger partial charge in [0.1, 0.15) is 5.75 Å². The highest BCUT2D eigenvalue weighted by Crippen LogP contribution is 2.38. The number of aromatic nitrogens is 2. The number of fused-ring (bicyclic) bond motifs is 1. The molecule has 10 heteroatoms. The lowest BCUT2D eigenvalue weighted by Gasteiger charge is -2.18. The minimum atomic E-state index is -2.93. The standard InChI is InChI=1S/C20H27F2N5O3/c1-12(10-27-14(3)5-13(2)26-27)8-24-20(23-4)25-9-15-6-17-18(29-11-28-17)7-16(15)30-19(21)22/h5-7,12,19H,8-11H2,1-4H3,(H2,23,24,25). The second kappa shape index (κ2) is 9.64. The summed E-state index contributed by atoms with van der Waals surface area (Å²) < 4.78 is 42.7. The summed E-state index contributed by atoms with van der Waals surface area (Å²) in [7, 11) is 1.65. The molecule has 2 heterocycles. The molecular weight excluding hydrogens is 396 g/mol. The first kappa shape index (κ1) is 21.7. The average Bonchev–Trinajstić information content (AvgIpc) is 3.26. The van der Waals surface area contributed by atoms with Crippen LogP contribution in [0.5, 0.6) is 17.2 Å². The van der Waals surface area contributed by atoms with E-state index >= 15 is 0 Å². The summed E-state index contributed by atoms with van der Waals surface area (Å²) in [6, 6.07) is 5.09. The van der Waals surface area contributed by atoms with Gasteiger partial charge in [0.05, 0.1) is 5.69 Å². The maximum absolute atomic E-state index is 12.8. The Bertz CT molecular complexity index is 901. The van der Waals surface area contributed by atoms with Crippen LogP contribution >= 0.6 is 0 Å². The van der Waals surface area contributed by atoms with Crippen LogP contribution in [0.15, 0.2) is 23.2 Å². The van der Waals surface area contributed by atoms with Crippen molar-refractivity contribution < 1.29 is 23.0 Å². The van der Waals surface area contributed by atoms with Crippen LogP contribution in [0.2, 0.25) is 0 Å². The van der Waals surface area contributed by atoms with Gasteiger partial charge in [-0.25, -0.2) is 0 Å². The minimum absolute atomic E-state index is 0.0371. The fraction of sp³-hybridized carbons (Fsp3) is 0.500. The van der Waals surface area contributed by atoms with E-state index in [2.05, 4.69) is 32.4 Å². The number of ether oxygens (including phenoxy) is 3. The zero-order chi connectivity index (χ0) is 21.7. The van der Waals surface area contributed by atoms with E-state index in [0.29, 0.717) is 35.5 Å². The van der Waals surface area contributed by atoms with Gasteiger partial charge in [-0.2, -0.15) is 13.9 Å². The molecule has 0 spiro atoms. The van der Waals surface area contributed by atoms with Crippen LogP contribution in [0, 0.1) is 19.8 Å². The van der Waals surface area contributed by atoms with E-state index in [4.69, 9.17) is 9.47 Å². The molecule has 0 radical (unpaired) electrons. The zero-order valence-corrected chi connectivity index (χ0v) is 17.5. The van der Waals surface area contributed by atoms with Crippen molar-refractivity contribution in [1.82, 2.24) is 20.4 Å². The molecular formula is C20H27F2N5O3. The van der Waals surface area contributed by atoms with Crippen molar-refractivity contribution >= 4 is 5.96 Å². The lowest BCUT2D eigenvalue weighted by molar-refractivity contribution is -0.0505. The molecule has 1 aliphatic heterocycles. The summed E-state index contributed by atoms with van der Waals surface area (Å²) in [5.41, 5.74) is 2.63. The second-order valence-electron chi connectivity index (χ2n) is 7.21. The smallest absolute Gasteiger partial charge is 0.387 e. The van der Waals surface area contributed by atoms with Crippen LogP contribution in [0.3, 0.4) is 0 Å². The van der Waals surface area contributed by atoms with Crippen LogP contribution in [-0.2, 0) is 13.1 Å². The zero-order valence-electron chi connectivity index (χ0n) is 17.5. The van der Waals surface area contributed by atoms with Crippen LogP contribution < -0.4 is 24.8 Å². The van der Waals surface area contributed by atoms with Gasteiger partial charge < -0.3 is 24.8 Å². The Balaban J connectivity index is 1.57. The number of aryl methyl sites for hydroxylation is 2. The number of nitrogens with zero attached hydrogens (tertiary/aromatic N) is 3. The fourth-order valence-electron chi connectivity index (χ4n) is 3.20. The summed E-state index contributed by atoms with van der Waals surface area (Å²) in [4.78, 5) is 4.19. The molecule has 1 aromatic heterocycles. The number of nitrogens with one attached hydrogen (secondary N) is 2. The van der Waals surface area contributed by atoms with Crippen molar-refractivity contribution in [2.24, 2.45) is 10.9 Å². The van der Waals surface area contributed by atoms with Crippen molar-refractivity contribution in [3.63, 3.8) is 0 Å². The summed E-state index contributed by atoms with van der Waals surface area (Å²) in [5, 5.41) is 10.9. The predicted molar refractivity (Wildman–Crippen MR) is 108 cm³/mol. The molecule has 30 heavy (non-hydrogen) atoms. The van der Waals surface area contributed by atoms with E-state index in [9.17, 15) is 8.78 Å². The fourth-order valence-corrected chi connectivity index (χ4v) is 3.20. The number of hydrogen-bond donors (Lipinski definition) is 2. The van der Waals surface area contributed by atoms with Gasteiger partial charge in [-0.15, -0.1) is 0 Å². The van der Waals surface area contributed by atoms with Gasteiger partial charge in [-0.05, 0) is 31.9 Å². The highest BCUT2D eigenvalue weighted by molar-refractivity contribution is 5.79. The maximum atomic E-state index is 12.8. The largest absolute Gasteiger partial charge is 0.454 e. The quantitative estimate of drug-likeness (QED) is 0.502. The molecule has 3 rings (SSSR count). The number of aliphatic imine (C=N–C) groups is 1. The SMILES string of the molecule is CN=C(NCc1cc2c(cc1OC(F)F)OCO2)NCC(C)Cn1nc(C)cc1C. The van der Waals surface area contributed by atoms with Crippen LogP contribution in [0.4, 0.5) is 8.78 Å². The molecule has 1 aromatic carbocycles. The number of benzene rings is 1. The van der Waals surface area contributed by atoms with E-state index in [0.717, 1.165) is 17.9 Å². The van der Waals surface area contributed by atoms with Gasteiger partial charge in [0.25, 0.3) is 0 Å². The Morgan fingerprint density at radius 1 is 1.23 bits per heavy atom. The van der Waals surface area contributed by atoms with Gasteiger partial charge >= 0.3 is 6.61 Å². The second-order valence-corrected chi connectivity index (χ2v) is 7.21. The molecule has 1 atom stereocenters. The van der Waals surface area contributed by atoms with Crippen molar-refractivity contribution in [3.8, 4) is 17.2 Å². The Morgan fingerprint density at radius 3 is 2.60 bits per heavy atom. The highest BCUT2D eigenvalue weighted by Gasteiger charge is 2.20. The number of rotatable bonds is 8. The molecule has 1 unspecified atom stereocenters. The van der Waals surface area contributed by atoms with E-state index in [-0.39, 0.29) is 19.1 Å². The molecule has 2 aromatic rings. The number of hydrogen-bond acceptors (Lipinski definition) is 5. The Hall–Kier alpha value is -3.04. The van der Waals surface area contributed by atoms with Crippen LogP contribution in [0.1, 0.15) is 23.9 Å². The highest BCUT2D eigenvalue weighted by atomic mass is 19.3. The first-order valence-corrected chi connectivity index (χ1v) is 9.68. The summed E-state index contributed by atoms with van der Waals surface area (Å²) in [5.74, 6) is 1.76. The first-order chi connectivity index (χ1) is 14.4. The van der Waals surface area contributed by atoms with Gasteiger partial charge in [-0.1, -0.05) is 6.92 Å². The third kappa shape index (κ3) is 5.52.